The Labute approximate surface area is 68.0 Å². The minimum atomic E-state index is -0.0820. The zero-order chi connectivity index (χ0) is 7.56. The minimum absolute atomic E-state index is 0.0820. The van der Waals surface area contributed by atoms with Crippen LogP contribution >= 0.6 is 22.9 Å². The molecule has 3 nitrogen and oxygen atoms in total. The predicted molar refractivity (Wildman–Crippen MR) is 40.7 cm³/mol. The topological polar surface area (TPSA) is 35.0 Å². The van der Waals surface area contributed by atoms with Crippen LogP contribution in [0.2, 0.25) is 0 Å². The Morgan fingerprint density at radius 1 is 1.60 bits per heavy atom. The number of halogens is 1. The number of alkyl halides is 1. The van der Waals surface area contributed by atoms with Crippen molar-refractivity contribution in [3.63, 3.8) is 0 Å². The van der Waals surface area contributed by atoms with Gasteiger partial charge in [0.2, 0.25) is 0 Å². The third-order valence-electron chi connectivity index (χ3n) is 0.937. The quantitative estimate of drug-likeness (QED) is 0.649. The van der Waals surface area contributed by atoms with Crippen molar-refractivity contribution in [2.75, 3.05) is 7.11 Å². The number of aromatic nitrogens is 2. The molecule has 0 amide bonds. The first-order valence-electron chi connectivity index (χ1n) is 2.75. The third-order valence-corrected chi connectivity index (χ3v) is 2.34. The van der Waals surface area contributed by atoms with Crippen LogP contribution in [0.4, 0.5) is 0 Å². The van der Waals surface area contributed by atoms with Crippen molar-refractivity contribution in [3.8, 4) is 5.19 Å². The maximum Gasteiger partial charge on any atom is 0.293 e. The van der Waals surface area contributed by atoms with Crippen LogP contribution in [-0.4, -0.2) is 17.3 Å². The average molecular weight is 179 g/mol. The molecule has 0 fully saturated rings. The fourth-order valence-electron chi connectivity index (χ4n) is 0.464. The summed E-state index contributed by atoms with van der Waals surface area (Å²) in [5, 5.41) is 8.78. The molecule has 1 aromatic rings. The molecule has 5 heteroatoms. The molecule has 0 bridgehead atoms. The van der Waals surface area contributed by atoms with Crippen molar-refractivity contribution in [2.24, 2.45) is 0 Å². The van der Waals surface area contributed by atoms with E-state index in [1.54, 1.807) is 7.11 Å². The van der Waals surface area contributed by atoms with Gasteiger partial charge < -0.3 is 4.74 Å². The minimum Gasteiger partial charge on any atom is -0.472 e. The molecule has 0 saturated carbocycles. The van der Waals surface area contributed by atoms with Gasteiger partial charge in [-0.15, -0.1) is 21.8 Å². The number of nitrogens with zero attached hydrogens (tertiary/aromatic N) is 2. The summed E-state index contributed by atoms with van der Waals surface area (Å²) in [6.45, 7) is 1.85. The smallest absolute Gasteiger partial charge is 0.293 e. The number of hydrogen-bond donors (Lipinski definition) is 0. The van der Waals surface area contributed by atoms with Gasteiger partial charge in [-0.3, -0.25) is 0 Å². The van der Waals surface area contributed by atoms with Gasteiger partial charge >= 0.3 is 0 Å². The van der Waals surface area contributed by atoms with Crippen molar-refractivity contribution >= 4 is 22.9 Å². The van der Waals surface area contributed by atoms with Gasteiger partial charge in [-0.05, 0) is 6.92 Å². The second kappa shape index (κ2) is 3.16. The summed E-state index contributed by atoms with van der Waals surface area (Å²) < 4.78 is 4.83. The second-order valence-electron chi connectivity index (χ2n) is 1.73. The number of hydrogen-bond acceptors (Lipinski definition) is 4. The molecule has 0 N–H and O–H groups in total. The zero-order valence-electron chi connectivity index (χ0n) is 5.67. The summed E-state index contributed by atoms with van der Waals surface area (Å²) in [5.41, 5.74) is 0. The van der Waals surface area contributed by atoms with E-state index in [4.69, 9.17) is 16.3 Å². The van der Waals surface area contributed by atoms with Crippen molar-refractivity contribution in [1.29, 1.82) is 0 Å². The van der Waals surface area contributed by atoms with Gasteiger partial charge in [-0.1, -0.05) is 11.3 Å². The standard InChI is InChI=1S/C5H7ClN2OS/c1-3(6)4-7-8-5(9-2)10-4/h3H,1-2H3. The van der Waals surface area contributed by atoms with Crippen molar-refractivity contribution in [3.05, 3.63) is 5.01 Å². The maximum atomic E-state index is 5.73. The summed E-state index contributed by atoms with van der Waals surface area (Å²) in [7, 11) is 1.56. The summed E-state index contributed by atoms with van der Waals surface area (Å²) in [6, 6.07) is 0. The van der Waals surface area contributed by atoms with E-state index >= 15 is 0 Å². The van der Waals surface area contributed by atoms with Crippen LogP contribution in [-0.2, 0) is 0 Å². The van der Waals surface area contributed by atoms with E-state index in [1.165, 1.54) is 11.3 Å². The lowest BCUT2D eigenvalue weighted by Gasteiger charge is -1.90. The maximum absolute atomic E-state index is 5.73. The van der Waals surface area contributed by atoms with E-state index in [1.807, 2.05) is 6.92 Å². The average Bonchev–Trinajstić information content (AvgIpc) is 2.34. The number of methoxy groups -OCH3 is 1. The Morgan fingerprint density at radius 3 is 2.60 bits per heavy atom. The van der Waals surface area contributed by atoms with Crippen molar-refractivity contribution in [1.82, 2.24) is 10.2 Å². The molecule has 1 aromatic heterocycles. The first-order valence-corrected chi connectivity index (χ1v) is 4.01. The second-order valence-corrected chi connectivity index (χ2v) is 3.35. The molecule has 1 rings (SSSR count). The van der Waals surface area contributed by atoms with Crippen LogP contribution in [0.25, 0.3) is 0 Å². The summed E-state index contributed by atoms with van der Waals surface area (Å²) >= 11 is 7.09. The highest BCUT2D eigenvalue weighted by Gasteiger charge is 2.08. The summed E-state index contributed by atoms with van der Waals surface area (Å²) in [6.07, 6.45) is 0. The van der Waals surface area contributed by atoms with Gasteiger partial charge in [0.25, 0.3) is 5.19 Å². The van der Waals surface area contributed by atoms with Crippen molar-refractivity contribution < 1.29 is 4.74 Å². The molecule has 0 aromatic carbocycles. The van der Waals surface area contributed by atoms with Crippen LogP contribution in [0.5, 0.6) is 5.19 Å². The Kier molecular flexibility index (Phi) is 2.45. The number of rotatable bonds is 2. The highest BCUT2D eigenvalue weighted by Crippen LogP contribution is 2.26. The molecule has 0 aliphatic carbocycles. The van der Waals surface area contributed by atoms with Crippen LogP contribution in [0.15, 0.2) is 0 Å². The predicted octanol–water partition coefficient (Wildman–Crippen LogP) is 1.85. The fourth-order valence-corrected chi connectivity index (χ4v) is 1.23. The van der Waals surface area contributed by atoms with E-state index < -0.39 is 0 Å². The Balaban J connectivity index is 2.78. The van der Waals surface area contributed by atoms with Gasteiger partial charge in [0.15, 0.2) is 0 Å². The molecule has 0 spiro atoms. The zero-order valence-corrected chi connectivity index (χ0v) is 7.24. The first kappa shape index (κ1) is 7.75. The number of ether oxygens (including phenoxy) is 1. The Hall–Kier alpha value is -0.350. The molecule has 0 radical (unpaired) electrons. The Morgan fingerprint density at radius 2 is 2.30 bits per heavy atom. The molecule has 56 valence electrons. The molecule has 10 heavy (non-hydrogen) atoms. The van der Waals surface area contributed by atoms with Crippen LogP contribution < -0.4 is 4.74 Å². The molecule has 1 unspecified atom stereocenters. The van der Waals surface area contributed by atoms with Crippen LogP contribution in [0.3, 0.4) is 0 Å². The van der Waals surface area contributed by atoms with Crippen molar-refractivity contribution in [2.45, 2.75) is 12.3 Å². The van der Waals surface area contributed by atoms with E-state index in [-0.39, 0.29) is 5.38 Å². The molecule has 0 aliphatic rings. The molecule has 0 saturated heterocycles. The molecule has 1 heterocycles. The van der Waals surface area contributed by atoms with Gasteiger partial charge in [0, 0.05) is 0 Å². The largest absolute Gasteiger partial charge is 0.472 e. The van der Waals surface area contributed by atoms with E-state index in [9.17, 15) is 0 Å². The Bertz CT molecular complexity index is 213. The van der Waals surface area contributed by atoms with Crippen LogP contribution in [0, 0.1) is 0 Å². The van der Waals surface area contributed by atoms with E-state index in [0.29, 0.717) is 5.19 Å². The van der Waals surface area contributed by atoms with Gasteiger partial charge in [-0.2, -0.15) is 0 Å². The lowest BCUT2D eigenvalue weighted by Crippen LogP contribution is -1.81. The van der Waals surface area contributed by atoms with Crippen LogP contribution in [0.1, 0.15) is 17.3 Å². The van der Waals surface area contributed by atoms with E-state index in [2.05, 4.69) is 10.2 Å². The SMILES string of the molecule is COc1nnc(C(C)Cl)s1. The van der Waals surface area contributed by atoms with Gasteiger partial charge in [0.1, 0.15) is 5.01 Å². The van der Waals surface area contributed by atoms with Gasteiger partial charge in [-0.25, -0.2) is 0 Å². The summed E-state index contributed by atoms with van der Waals surface area (Å²) in [5.74, 6) is 0. The lowest BCUT2D eigenvalue weighted by atomic mass is 10.5. The lowest BCUT2D eigenvalue weighted by molar-refractivity contribution is 0.407. The van der Waals surface area contributed by atoms with E-state index in [0.717, 1.165) is 5.01 Å². The monoisotopic (exact) mass is 178 g/mol. The fraction of sp³-hybridized carbons (Fsp3) is 0.600. The normalized spacial score (nSPS) is 13.1. The van der Waals surface area contributed by atoms with Gasteiger partial charge in [0.05, 0.1) is 12.5 Å². The molecule has 1 atom stereocenters. The molecular weight excluding hydrogens is 172 g/mol. The third kappa shape index (κ3) is 1.58. The molecule has 0 aliphatic heterocycles. The highest BCUT2D eigenvalue weighted by molar-refractivity contribution is 7.13. The molecular formula is C5H7ClN2OS. The summed E-state index contributed by atoms with van der Waals surface area (Å²) in [4.78, 5) is 0. The first-order chi connectivity index (χ1) is 4.74. The highest BCUT2D eigenvalue weighted by atomic mass is 35.5.